The zero-order valence-corrected chi connectivity index (χ0v) is 13.4. The number of carbonyl (C=O) groups excluding carboxylic acids is 1. The van der Waals surface area contributed by atoms with E-state index in [1.807, 2.05) is 0 Å². The smallest absolute Gasteiger partial charge is 0.276 e. The molecule has 1 atom stereocenters. The Kier molecular flexibility index (Phi) is 7.27. The number of nitro benzene ring substituents is 1. The zero-order chi connectivity index (χ0) is 16.7. The van der Waals surface area contributed by atoms with Crippen molar-refractivity contribution >= 4 is 23.1 Å². The van der Waals surface area contributed by atoms with Crippen LogP contribution < -0.4 is 4.74 Å². The van der Waals surface area contributed by atoms with Gasteiger partial charge in [-0.15, -0.1) is 0 Å². The predicted molar refractivity (Wildman–Crippen MR) is 83.4 cm³/mol. The van der Waals surface area contributed by atoms with Crippen LogP contribution in [0.1, 0.15) is 31.7 Å². The number of aliphatic hydroxyl groups is 1. The lowest BCUT2D eigenvalue weighted by Crippen LogP contribution is -2.14. The van der Waals surface area contributed by atoms with Crippen LogP contribution in [0.2, 0.25) is 5.02 Å². The van der Waals surface area contributed by atoms with Gasteiger partial charge in [0.2, 0.25) is 0 Å². The molecule has 0 saturated carbocycles. The number of aryl methyl sites for hydroxylation is 1. The van der Waals surface area contributed by atoms with E-state index in [0.717, 1.165) is 0 Å². The fourth-order valence-electron chi connectivity index (χ4n) is 2.17. The van der Waals surface area contributed by atoms with Gasteiger partial charge in [0.25, 0.3) is 5.69 Å². The van der Waals surface area contributed by atoms with Crippen molar-refractivity contribution in [2.24, 2.45) is 5.92 Å². The number of ketones is 1. The van der Waals surface area contributed by atoms with Crippen LogP contribution in [0.5, 0.6) is 5.75 Å². The minimum Gasteiger partial charge on any atom is -0.492 e. The Bertz CT molecular complexity index is 547. The lowest BCUT2D eigenvalue weighted by Gasteiger charge is -2.13. The van der Waals surface area contributed by atoms with Crippen LogP contribution >= 0.6 is 11.6 Å². The summed E-state index contributed by atoms with van der Waals surface area (Å²) in [5.41, 5.74) is 0.434. The molecule has 0 aliphatic carbocycles. The molecule has 0 aromatic heterocycles. The molecule has 0 amide bonds. The largest absolute Gasteiger partial charge is 0.492 e. The molecule has 122 valence electrons. The molecule has 1 N–H and O–H groups in total. The highest BCUT2D eigenvalue weighted by Crippen LogP contribution is 2.32. The maximum Gasteiger partial charge on any atom is 0.276 e. The van der Waals surface area contributed by atoms with Crippen LogP contribution in [-0.4, -0.2) is 29.0 Å². The van der Waals surface area contributed by atoms with Gasteiger partial charge in [0.1, 0.15) is 11.5 Å². The van der Waals surface area contributed by atoms with Gasteiger partial charge >= 0.3 is 0 Å². The second-order valence-electron chi connectivity index (χ2n) is 5.14. The highest BCUT2D eigenvalue weighted by molar-refractivity contribution is 6.32. The number of aliphatic hydroxyl groups excluding tert-OH is 1. The highest BCUT2D eigenvalue weighted by Gasteiger charge is 2.16. The number of hydrogen-bond acceptors (Lipinski definition) is 5. The molecule has 0 aliphatic heterocycles. The fourth-order valence-corrected chi connectivity index (χ4v) is 2.44. The molecule has 1 aromatic rings. The maximum absolute atomic E-state index is 11.4. The first-order valence-electron chi connectivity index (χ1n) is 7.05. The van der Waals surface area contributed by atoms with E-state index >= 15 is 0 Å². The van der Waals surface area contributed by atoms with Crippen molar-refractivity contribution in [2.75, 3.05) is 13.2 Å². The summed E-state index contributed by atoms with van der Waals surface area (Å²) < 4.78 is 5.48. The summed E-state index contributed by atoms with van der Waals surface area (Å²) in [5, 5.41) is 20.1. The van der Waals surface area contributed by atoms with E-state index in [4.69, 9.17) is 21.4 Å². The van der Waals surface area contributed by atoms with E-state index in [-0.39, 0.29) is 29.7 Å². The molecule has 1 rings (SSSR count). The SMILES string of the molecule is CC(=O)C(CCO)CCCOc1cc([N+](=O)[O-])c(C)cc1Cl. The Morgan fingerprint density at radius 3 is 2.68 bits per heavy atom. The summed E-state index contributed by atoms with van der Waals surface area (Å²) in [7, 11) is 0. The third-order valence-corrected chi connectivity index (χ3v) is 3.75. The van der Waals surface area contributed by atoms with E-state index in [1.165, 1.54) is 19.1 Å². The number of ether oxygens (including phenoxy) is 1. The number of hydrogen-bond donors (Lipinski definition) is 1. The van der Waals surface area contributed by atoms with Gasteiger partial charge in [0, 0.05) is 18.1 Å². The van der Waals surface area contributed by atoms with Gasteiger partial charge < -0.3 is 9.84 Å². The zero-order valence-electron chi connectivity index (χ0n) is 12.7. The molecule has 6 nitrogen and oxygen atoms in total. The van der Waals surface area contributed by atoms with Crippen molar-refractivity contribution in [3.8, 4) is 5.75 Å². The topological polar surface area (TPSA) is 89.7 Å². The summed E-state index contributed by atoms with van der Waals surface area (Å²) in [6.45, 7) is 3.39. The molecule has 0 bridgehead atoms. The van der Waals surface area contributed by atoms with Gasteiger partial charge in [0.05, 0.1) is 22.6 Å². The van der Waals surface area contributed by atoms with Crippen molar-refractivity contribution < 1.29 is 19.6 Å². The Labute approximate surface area is 134 Å². The lowest BCUT2D eigenvalue weighted by molar-refractivity contribution is -0.385. The summed E-state index contributed by atoms with van der Waals surface area (Å²) in [4.78, 5) is 21.8. The Hall–Kier alpha value is -1.66. The van der Waals surface area contributed by atoms with Gasteiger partial charge in [0.15, 0.2) is 0 Å². The van der Waals surface area contributed by atoms with Crippen LogP contribution in [0.15, 0.2) is 12.1 Å². The van der Waals surface area contributed by atoms with Crippen LogP contribution in [0, 0.1) is 23.0 Å². The van der Waals surface area contributed by atoms with Crippen LogP contribution in [0.25, 0.3) is 0 Å². The van der Waals surface area contributed by atoms with Gasteiger partial charge in [-0.1, -0.05) is 11.6 Å². The predicted octanol–water partition coefficient (Wildman–Crippen LogP) is 3.30. The number of halogens is 1. The molecule has 0 spiro atoms. The van der Waals surface area contributed by atoms with Crippen LogP contribution in [0.3, 0.4) is 0 Å². The lowest BCUT2D eigenvalue weighted by atomic mass is 9.96. The quantitative estimate of drug-likeness (QED) is 0.426. The van der Waals surface area contributed by atoms with Crippen LogP contribution in [-0.2, 0) is 4.79 Å². The normalized spacial score (nSPS) is 12.0. The third-order valence-electron chi connectivity index (χ3n) is 3.45. The van der Waals surface area contributed by atoms with E-state index in [0.29, 0.717) is 36.5 Å². The molecule has 0 saturated heterocycles. The molecule has 0 fully saturated rings. The summed E-state index contributed by atoms with van der Waals surface area (Å²) in [5.74, 6) is 0.120. The Balaban J connectivity index is 2.60. The summed E-state index contributed by atoms with van der Waals surface area (Å²) >= 11 is 6.01. The minimum atomic E-state index is -0.481. The first-order chi connectivity index (χ1) is 10.4. The fraction of sp³-hybridized carbons (Fsp3) is 0.533. The Morgan fingerprint density at radius 1 is 1.45 bits per heavy atom. The number of benzene rings is 1. The molecule has 1 aromatic carbocycles. The Morgan fingerprint density at radius 2 is 2.14 bits per heavy atom. The van der Waals surface area contributed by atoms with E-state index in [1.54, 1.807) is 6.92 Å². The van der Waals surface area contributed by atoms with Gasteiger partial charge in [-0.3, -0.25) is 14.9 Å². The second-order valence-corrected chi connectivity index (χ2v) is 5.54. The van der Waals surface area contributed by atoms with Gasteiger partial charge in [-0.2, -0.15) is 0 Å². The number of nitro groups is 1. The average Bonchev–Trinajstić information content (AvgIpc) is 2.43. The minimum absolute atomic E-state index is 0.0267. The number of carbonyl (C=O) groups is 1. The number of rotatable bonds is 9. The molecule has 0 aliphatic rings. The first kappa shape index (κ1) is 18.4. The van der Waals surface area contributed by atoms with E-state index in [2.05, 4.69) is 0 Å². The number of Topliss-reactive ketones (excluding diaryl/α,β-unsaturated/α-hetero) is 1. The first-order valence-corrected chi connectivity index (χ1v) is 7.43. The molecule has 0 radical (unpaired) electrons. The molecule has 7 heteroatoms. The summed E-state index contributed by atoms with van der Waals surface area (Å²) in [6, 6.07) is 2.81. The van der Waals surface area contributed by atoms with Crippen molar-refractivity contribution in [1.82, 2.24) is 0 Å². The second kappa shape index (κ2) is 8.70. The highest BCUT2D eigenvalue weighted by atomic mass is 35.5. The maximum atomic E-state index is 11.4. The number of nitrogens with zero attached hydrogens (tertiary/aromatic N) is 1. The van der Waals surface area contributed by atoms with Gasteiger partial charge in [-0.05, 0) is 39.2 Å². The average molecular weight is 330 g/mol. The van der Waals surface area contributed by atoms with Gasteiger partial charge in [-0.25, -0.2) is 0 Å². The molecular formula is C15H20ClNO5. The monoisotopic (exact) mass is 329 g/mol. The van der Waals surface area contributed by atoms with Crippen molar-refractivity contribution in [1.29, 1.82) is 0 Å². The van der Waals surface area contributed by atoms with Crippen molar-refractivity contribution in [2.45, 2.75) is 33.1 Å². The molecule has 0 heterocycles. The van der Waals surface area contributed by atoms with Crippen molar-refractivity contribution in [3.63, 3.8) is 0 Å². The van der Waals surface area contributed by atoms with Crippen molar-refractivity contribution in [3.05, 3.63) is 32.8 Å². The van der Waals surface area contributed by atoms with E-state index in [9.17, 15) is 14.9 Å². The molecule has 1 unspecified atom stereocenters. The third kappa shape index (κ3) is 5.27. The molecular weight excluding hydrogens is 310 g/mol. The van der Waals surface area contributed by atoms with E-state index < -0.39 is 4.92 Å². The standard InChI is InChI=1S/C15H20ClNO5/c1-10-8-13(16)15(9-14(10)17(20)21)22-7-3-4-12(5-6-18)11(2)19/h8-9,12,18H,3-7H2,1-2H3. The van der Waals surface area contributed by atoms with Crippen LogP contribution in [0.4, 0.5) is 5.69 Å². The molecule has 22 heavy (non-hydrogen) atoms. The summed E-state index contributed by atoms with van der Waals surface area (Å²) in [6.07, 6.45) is 1.63.